The number of carbonyl (C=O) groups is 1. The molecule has 0 saturated heterocycles. The standard InChI is InChI=1S/C13H13N3O4S/c1-9(7-14)20-12(17)8-16(2)13-10-5-3-4-6-11(10)21(18,19)15-13/h3-6,9H,8H2,1-2H3/t9-/m1/s1. The molecular weight excluding hydrogens is 294 g/mol. The first kappa shape index (κ1) is 15.0. The fourth-order valence-electron chi connectivity index (χ4n) is 1.89. The van der Waals surface area contributed by atoms with E-state index in [-0.39, 0.29) is 17.3 Å². The van der Waals surface area contributed by atoms with Crippen LogP contribution >= 0.6 is 0 Å². The van der Waals surface area contributed by atoms with E-state index in [2.05, 4.69) is 4.40 Å². The second-order valence-electron chi connectivity index (χ2n) is 4.50. The minimum atomic E-state index is -3.72. The van der Waals surface area contributed by atoms with Gasteiger partial charge in [0, 0.05) is 12.6 Å². The molecule has 1 aromatic rings. The molecule has 0 unspecified atom stereocenters. The minimum Gasteiger partial charge on any atom is -0.446 e. The van der Waals surface area contributed by atoms with Crippen LogP contribution in [0.1, 0.15) is 12.5 Å². The predicted molar refractivity (Wildman–Crippen MR) is 74.0 cm³/mol. The number of benzene rings is 1. The molecule has 2 rings (SSSR count). The molecule has 1 heterocycles. The summed E-state index contributed by atoms with van der Waals surface area (Å²) in [4.78, 5) is 13.1. The fraction of sp³-hybridized carbons (Fsp3) is 0.308. The van der Waals surface area contributed by atoms with Crippen LogP contribution in [-0.4, -0.2) is 44.8 Å². The molecule has 0 spiro atoms. The smallest absolute Gasteiger partial charge is 0.326 e. The minimum absolute atomic E-state index is 0.116. The monoisotopic (exact) mass is 307 g/mol. The third kappa shape index (κ3) is 3.03. The number of hydrogen-bond donors (Lipinski definition) is 0. The molecule has 1 aliphatic rings. The summed E-state index contributed by atoms with van der Waals surface area (Å²) in [5.74, 6) is -0.441. The van der Waals surface area contributed by atoms with Crippen molar-refractivity contribution in [1.29, 1.82) is 5.26 Å². The van der Waals surface area contributed by atoms with Crippen molar-refractivity contribution in [3.63, 3.8) is 0 Å². The lowest BCUT2D eigenvalue weighted by molar-refractivity contribution is -0.145. The first-order valence-corrected chi connectivity index (χ1v) is 7.54. The number of likely N-dealkylation sites (N-methyl/N-ethyl adjacent to an activating group) is 1. The van der Waals surface area contributed by atoms with Crippen LogP contribution in [0.3, 0.4) is 0 Å². The van der Waals surface area contributed by atoms with Gasteiger partial charge in [0.15, 0.2) is 11.9 Å². The molecule has 0 radical (unpaired) electrons. The highest BCUT2D eigenvalue weighted by Gasteiger charge is 2.31. The number of nitrogens with zero attached hydrogens (tertiary/aromatic N) is 3. The van der Waals surface area contributed by atoms with Crippen LogP contribution in [0.15, 0.2) is 33.6 Å². The van der Waals surface area contributed by atoms with Crippen LogP contribution in [0.2, 0.25) is 0 Å². The van der Waals surface area contributed by atoms with Gasteiger partial charge < -0.3 is 9.64 Å². The van der Waals surface area contributed by atoms with Gasteiger partial charge in [-0.25, -0.2) is 0 Å². The molecule has 8 heteroatoms. The molecule has 0 amide bonds. The van der Waals surface area contributed by atoms with Crippen LogP contribution in [0.25, 0.3) is 0 Å². The van der Waals surface area contributed by atoms with Gasteiger partial charge in [0.25, 0.3) is 10.0 Å². The first-order chi connectivity index (χ1) is 9.85. The summed E-state index contributed by atoms with van der Waals surface area (Å²) >= 11 is 0. The third-order valence-corrected chi connectivity index (χ3v) is 4.16. The van der Waals surface area contributed by atoms with Gasteiger partial charge in [0.05, 0.1) is 0 Å². The molecule has 1 aromatic carbocycles. The summed E-state index contributed by atoms with van der Waals surface area (Å²) in [5.41, 5.74) is 0.445. The number of hydrogen-bond acceptors (Lipinski definition) is 6. The van der Waals surface area contributed by atoms with E-state index in [1.165, 1.54) is 24.9 Å². The van der Waals surface area contributed by atoms with Gasteiger partial charge in [0.2, 0.25) is 0 Å². The van der Waals surface area contributed by atoms with Crippen molar-refractivity contribution < 1.29 is 17.9 Å². The number of nitriles is 1. The Bertz CT molecular complexity index is 749. The molecule has 21 heavy (non-hydrogen) atoms. The Morgan fingerprint density at radius 2 is 2.14 bits per heavy atom. The van der Waals surface area contributed by atoms with Crippen molar-refractivity contribution >= 4 is 21.8 Å². The number of ether oxygens (including phenoxy) is 1. The van der Waals surface area contributed by atoms with Gasteiger partial charge in [-0.3, -0.25) is 4.79 Å². The van der Waals surface area contributed by atoms with E-state index in [1.54, 1.807) is 24.3 Å². The Hall–Kier alpha value is -2.40. The fourth-order valence-corrected chi connectivity index (χ4v) is 3.14. The van der Waals surface area contributed by atoms with Crippen molar-refractivity contribution in [3.8, 4) is 6.07 Å². The summed E-state index contributed by atoms with van der Waals surface area (Å²) < 4.78 is 32.3. The van der Waals surface area contributed by atoms with E-state index in [0.29, 0.717) is 5.56 Å². The zero-order valence-corrected chi connectivity index (χ0v) is 12.3. The van der Waals surface area contributed by atoms with Gasteiger partial charge in [0.1, 0.15) is 17.5 Å². The second kappa shape index (κ2) is 5.54. The lowest BCUT2D eigenvalue weighted by Crippen LogP contribution is -2.34. The van der Waals surface area contributed by atoms with Crippen molar-refractivity contribution in [3.05, 3.63) is 29.8 Å². The number of carbonyl (C=O) groups excluding carboxylic acids is 1. The summed E-state index contributed by atoms with van der Waals surface area (Å²) in [6, 6.07) is 8.17. The van der Waals surface area contributed by atoms with E-state index < -0.39 is 22.1 Å². The van der Waals surface area contributed by atoms with E-state index in [9.17, 15) is 13.2 Å². The van der Waals surface area contributed by atoms with Crippen molar-refractivity contribution in [1.82, 2.24) is 4.90 Å². The molecule has 0 N–H and O–H groups in total. The number of fused-ring (bicyclic) bond motifs is 1. The molecule has 7 nitrogen and oxygen atoms in total. The van der Waals surface area contributed by atoms with Gasteiger partial charge >= 0.3 is 5.97 Å². The number of rotatable bonds is 3. The average Bonchev–Trinajstić information content (AvgIpc) is 2.71. The van der Waals surface area contributed by atoms with Crippen LogP contribution in [0, 0.1) is 11.3 Å². The summed E-state index contributed by atoms with van der Waals surface area (Å²) in [7, 11) is -2.19. The molecule has 0 fully saturated rings. The second-order valence-corrected chi connectivity index (χ2v) is 6.08. The number of esters is 1. The molecule has 0 bridgehead atoms. The summed E-state index contributed by atoms with van der Waals surface area (Å²) in [5, 5.41) is 8.58. The Morgan fingerprint density at radius 3 is 2.81 bits per heavy atom. The third-order valence-electron chi connectivity index (χ3n) is 2.83. The summed E-state index contributed by atoms with van der Waals surface area (Å²) in [6.07, 6.45) is -0.854. The van der Waals surface area contributed by atoms with Gasteiger partial charge in [-0.2, -0.15) is 13.7 Å². The van der Waals surface area contributed by atoms with E-state index >= 15 is 0 Å². The zero-order chi connectivity index (χ0) is 15.6. The molecular formula is C13H13N3O4S. The molecule has 1 atom stereocenters. The maximum Gasteiger partial charge on any atom is 0.326 e. The van der Waals surface area contributed by atoms with E-state index in [0.717, 1.165) is 0 Å². The van der Waals surface area contributed by atoms with Crippen LogP contribution in [0.5, 0.6) is 0 Å². The van der Waals surface area contributed by atoms with Crippen molar-refractivity contribution in [2.24, 2.45) is 4.40 Å². The van der Waals surface area contributed by atoms with E-state index in [4.69, 9.17) is 10.00 Å². The normalized spacial score (nSPS) is 16.3. The van der Waals surface area contributed by atoms with Gasteiger partial charge in [-0.05, 0) is 19.1 Å². The predicted octanol–water partition coefficient (Wildman–Crippen LogP) is 0.523. The summed E-state index contributed by atoms with van der Waals surface area (Å²) in [6.45, 7) is 1.25. The van der Waals surface area contributed by atoms with Crippen molar-refractivity contribution in [2.75, 3.05) is 13.6 Å². The largest absolute Gasteiger partial charge is 0.446 e. The van der Waals surface area contributed by atoms with Gasteiger partial charge in [-0.15, -0.1) is 4.40 Å². The zero-order valence-electron chi connectivity index (χ0n) is 11.5. The maximum atomic E-state index is 11.9. The lowest BCUT2D eigenvalue weighted by Gasteiger charge is -2.18. The highest BCUT2D eigenvalue weighted by Crippen LogP contribution is 2.26. The van der Waals surface area contributed by atoms with Crippen LogP contribution < -0.4 is 0 Å². The van der Waals surface area contributed by atoms with Crippen LogP contribution in [-0.2, 0) is 19.6 Å². The topological polar surface area (TPSA) is 99.8 Å². The molecule has 0 aliphatic carbocycles. The Balaban J connectivity index is 2.20. The van der Waals surface area contributed by atoms with Crippen molar-refractivity contribution in [2.45, 2.75) is 17.9 Å². The van der Waals surface area contributed by atoms with Crippen LogP contribution in [0.4, 0.5) is 0 Å². The molecule has 0 saturated carbocycles. The molecule has 1 aliphatic heterocycles. The Labute approximate surface area is 122 Å². The molecule has 0 aromatic heterocycles. The quantitative estimate of drug-likeness (QED) is 0.755. The maximum absolute atomic E-state index is 11.9. The van der Waals surface area contributed by atoms with Gasteiger partial charge in [-0.1, -0.05) is 12.1 Å². The number of sulfonamides is 1. The lowest BCUT2D eigenvalue weighted by atomic mass is 10.2. The number of amidine groups is 1. The SMILES string of the molecule is C[C@H](C#N)OC(=O)CN(C)C1=NS(=O)(=O)c2ccccc21. The first-order valence-electron chi connectivity index (χ1n) is 6.10. The average molecular weight is 307 g/mol. The van der Waals surface area contributed by atoms with E-state index in [1.807, 2.05) is 0 Å². The molecule has 110 valence electrons. The highest BCUT2D eigenvalue weighted by atomic mass is 32.2. The highest BCUT2D eigenvalue weighted by molar-refractivity contribution is 7.90. The Morgan fingerprint density at radius 1 is 1.48 bits per heavy atom. The Kier molecular flexibility index (Phi) is 3.95.